The average Bonchev–Trinajstić information content (AvgIpc) is 4.04. The standard InChI is InChI=1S/C51H41IN4Si/c1-32-6-12-35(13-7-32)48-40-22-26-44(53-40)50(37-16-10-34(11-17-37)30-31-57(3,4)5)45-27-23-41(54-45)49(36-14-8-33(2)9-15-36)43-25-29-47(56-43)51(46-28-24-42(48)55-46)38-18-20-39(52)21-19-38/h6-29,55-56H,1-5H3. The molecule has 0 radical (unpaired) electrons. The molecule has 9 rings (SSSR count). The highest BCUT2D eigenvalue weighted by atomic mass is 127. The van der Waals surface area contributed by atoms with Crippen LogP contribution < -0.4 is 0 Å². The van der Waals surface area contributed by atoms with Gasteiger partial charge in [-0.2, -0.15) is 0 Å². The lowest BCUT2D eigenvalue weighted by Crippen LogP contribution is -2.16. The van der Waals surface area contributed by atoms with E-state index >= 15 is 0 Å². The van der Waals surface area contributed by atoms with Crippen molar-refractivity contribution in [1.82, 2.24) is 19.9 Å². The molecule has 3 aromatic heterocycles. The van der Waals surface area contributed by atoms with Crippen LogP contribution >= 0.6 is 22.6 Å². The Kier molecular flexibility index (Phi) is 9.52. The predicted molar refractivity (Wildman–Crippen MR) is 253 cm³/mol. The van der Waals surface area contributed by atoms with Crippen molar-refractivity contribution < 1.29 is 0 Å². The molecule has 0 fully saturated rings. The van der Waals surface area contributed by atoms with Gasteiger partial charge in [-0.15, -0.1) is 5.54 Å². The molecule has 0 unspecified atom stereocenters. The van der Waals surface area contributed by atoms with Crippen molar-refractivity contribution in [2.24, 2.45) is 0 Å². The molecule has 0 atom stereocenters. The number of benzene rings is 4. The van der Waals surface area contributed by atoms with Crippen molar-refractivity contribution in [3.05, 3.63) is 164 Å². The molecule has 0 spiro atoms. The summed E-state index contributed by atoms with van der Waals surface area (Å²) in [5.41, 5.74) is 22.9. The van der Waals surface area contributed by atoms with E-state index < -0.39 is 8.07 Å². The highest BCUT2D eigenvalue weighted by molar-refractivity contribution is 14.1. The summed E-state index contributed by atoms with van der Waals surface area (Å²) in [6.45, 7) is 11.1. The number of rotatable bonds is 4. The van der Waals surface area contributed by atoms with E-state index in [0.29, 0.717) is 0 Å². The first-order valence-corrected chi connectivity index (χ1v) is 23.8. The van der Waals surface area contributed by atoms with Crippen LogP contribution in [-0.2, 0) is 0 Å². The fraction of sp³-hybridized carbons (Fsp3) is 0.0980. The summed E-state index contributed by atoms with van der Waals surface area (Å²) in [5, 5.41) is 0. The van der Waals surface area contributed by atoms with Gasteiger partial charge in [-0.25, -0.2) is 9.97 Å². The van der Waals surface area contributed by atoms with Gasteiger partial charge in [0, 0.05) is 53.5 Å². The number of hydrogen-bond donors (Lipinski definition) is 2. The number of hydrogen-bond acceptors (Lipinski definition) is 2. The van der Waals surface area contributed by atoms with Gasteiger partial charge in [0.25, 0.3) is 0 Å². The summed E-state index contributed by atoms with van der Waals surface area (Å²) in [7, 11) is -1.53. The van der Waals surface area contributed by atoms with Crippen LogP contribution in [0.25, 0.3) is 90.9 Å². The van der Waals surface area contributed by atoms with Gasteiger partial charge in [0.2, 0.25) is 0 Å². The van der Waals surface area contributed by atoms with E-state index in [1.54, 1.807) is 0 Å². The van der Waals surface area contributed by atoms with E-state index in [-0.39, 0.29) is 0 Å². The van der Waals surface area contributed by atoms with Gasteiger partial charge in [-0.1, -0.05) is 109 Å². The number of aromatic amines is 2. The van der Waals surface area contributed by atoms with Crippen molar-refractivity contribution in [1.29, 1.82) is 0 Å². The van der Waals surface area contributed by atoms with Crippen molar-refractivity contribution in [3.63, 3.8) is 0 Å². The van der Waals surface area contributed by atoms with Crippen molar-refractivity contribution in [3.8, 4) is 56.0 Å². The van der Waals surface area contributed by atoms with Gasteiger partial charge >= 0.3 is 0 Å². The molecule has 5 heterocycles. The van der Waals surface area contributed by atoms with E-state index in [1.165, 1.54) is 14.7 Å². The maximum Gasteiger partial charge on any atom is 0.129 e. The van der Waals surface area contributed by atoms with Gasteiger partial charge in [-0.05, 0) is 132 Å². The molecule has 0 saturated heterocycles. The van der Waals surface area contributed by atoms with E-state index in [4.69, 9.17) is 9.97 Å². The quantitative estimate of drug-likeness (QED) is 0.105. The highest BCUT2D eigenvalue weighted by Crippen LogP contribution is 2.38. The van der Waals surface area contributed by atoms with E-state index in [1.807, 2.05) is 0 Å². The molecule has 4 aromatic carbocycles. The summed E-state index contributed by atoms with van der Waals surface area (Å²) in [4.78, 5) is 18.6. The van der Waals surface area contributed by atoms with Gasteiger partial charge in [-0.3, -0.25) is 0 Å². The predicted octanol–water partition coefficient (Wildman–Crippen LogP) is 13.8. The van der Waals surface area contributed by atoms with E-state index in [9.17, 15) is 0 Å². The van der Waals surface area contributed by atoms with E-state index in [2.05, 4.69) is 223 Å². The first kappa shape index (κ1) is 36.6. The normalized spacial score (nSPS) is 12.1. The maximum absolute atomic E-state index is 5.44. The largest absolute Gasteiger partial charge is 0.354 e. The monoisotopic (exact) mass is 864 g/mol. The summed E-state index contributed by atoms with van der Waals surface area (Å²) in [6.07, 6.45) is 8.56. The second-order valence-corrected chi connectivity index (χ2v) is 21.8. The zero-order valence-corrected chi connectivity index (χ0v) is 35.8. The molecule has 2 N–H and O–H groups in total. The van der Waals surface area contributed by atoms with Gasteiger partial charge in [0.05, 0.1) is 22.8 Å². The van der Waals surface area contributed by atoms with Crippen LogP contribution in [0.2, 0.25) is 19.6 Å². The van der Waals surface area contributed by atoms with Crippen LogP contribution in [0, 0.1) is 28.9 Å². The molecule has 57 heavy (non-hydrogen) atoms. The second kappa shape index (κ2) is 14.8. The molecular weight excluding hydrogens is 824 g/mol. The molecular formula is C51H41IN4Si. The van der Waals surface area contributed by atoms with Crippen molar-refractivity contribution in [2.75, 3.05) is 0 Å². The molecule has 0 aliphatic carbocycles. The smallest absolute Gasteiger partial charge is 0.129 e. The topological polar surface area (TPSA) is 57.4 Å². The fourth-order valence-electron chi connectivity index (χ4n) is 7.46. The number of nitrogens with zero attached hydrogens (tertiary/aromatic N) is 2. The first-order chi connectivity index (χ1) is 27.6. The third-order valence-electron chi connectivity index (χ3n) is 10.3. The van der Waals surface area contributed by atoms with Gasteiger partial charge in [0.15, 0.2) is 0 Å². The Labute approximate surface area is 348 Å². The summed E-state index contributed by atoms with van der Waals surface area (Å²) >= 11 is 2.37. The number of H-pyrrole nitrogens is 2. The second-order valence-electron chi connectivity index (χ2n) is 15.8. The third kappa shape index (κ3) is 7.49. The number of nitrogens with one attached hydrogen (secondary N) is 2. The fourth-order valence-corrected chi connectivity index (χ4v) is 8.34. The Bertz CT molecular complexity index is 2840. The Hall–Kier alpha value is -6.01. The van der Waals surface area contributed by atoms with Crippen LogP contribution in [0.5, 0.6) is 0 Å². The van der Waals surface area contributed by atoms with Gasteiger partial charge in [0.1, 0.15) is 8.07 Å². The molecule has 6 heteroatoms. The molecule has 2 aliphatic heterocycles. The van der Waals surface area contributed by atoms with Gasteiger partial charge < -0.3 is 9.97 Å². The van der Waals surface area contributed by atoms with E-state index in [0.717, 1.165) is 94.9 Å². The molecule has 0 amide bonds. The van der Waals surface area contributed by atoms with Crippen LogP contribution in [0.3, 0.4) is 0 Å². The first-order valence-electron chi connectivity index (χ1n) is 19.3. The number of aryl methyl sites for hydroxylation is 2. The number of fused-ring (bicyclic) bond motifs is 8. The Balaban J connectivity index is 1.42. The molecule has 276 valence electrons. The molecule has 7 aromatic rings. The third-order valence-corrected chi connectivity index (χ3v) is 11.9. The van der Waals surface area contributed by atoms with Crippen molar-refractivity contribution >= 4 is 77.0 Å². The van der Waals surface area contributed by atoms with Crippen molar-refractivity contribution in [2.45, 2.75) is 33.5 Å². The summed E-state index contributed by atoms with van der Waals surface area (Å²) in [6, 6.07) is 43.5. The summed E-state index contributed by atoms with van der Waals surface area (Å²) < 4.78 is 1.19. The summed E-state index contributed by atoms with van der Waals surface area (Å²) in [5.74, 6) is 3.42. The average molecular weight is 865 g/mol. The Morgan fingerprint density at radius 3 is 1.23 bits per heavy atom. The van der Waals surface area contributed by atoms with Crippen LogP contribution in [0.4, 0.5) is 0 Å². The number of aromatic nitrogens is 4. The highest BCUT2D eigenvalue weighted by Gasteiger charge is 2.20. The molecule has 8 bridgehead atoms. The van der Waals surface area contributed by atoms with Crippen LogP contribution in [-0.4, -0.2) is 28.0 Å². The lowest BCUT2D eigenvalue weighted by molar-refractivity contribution is 1.27. The SMILES string of the molecule is Cc1ccc(-c2c3nc(c(-c4ccc(C#C[Si](C)(C)C)cc4)c4nc(c(-c5ccc(C)cc5)c5ccc([nH]5)c(-c5ccc(I)cc5)c5ccc2[nH]5)C=C4)C=C3)cc1. The number of halogens is 1. The Morgan fingerprint density at radius 1 is 0.439 bits per heavy atom. The molecule has 0 saturated carbocycles. The molecule has 4 nitrogen and oxygen atoms in total. The lowest BCUT2D eigenvalue weighted by atomic mass is 10.0. The maximum atomic E-state index is 5.44. The minimum absolute atomic E-state index is 0.865. The minimum Gasteiger partial charge on any atom is -0.354 e. The minimum atomic E-state index is -1.53. The zero-order chi connectivity index (χ0) is 39.3. The lowest BCUT2D eigenvalue weighted by Gasteiger charge is -2.08. The van der Waals surface area contributed by atoms with Crippen LogP contribution in [0.15, 0.2) is 121 Å². The molecule has 2 aliphatic rings. The Morgan fingerprint density at radius 2 is 0.789 bits per heavy atom. The zero-order valence-electron chi connectivity index (χ0n) is 32.6. The van der Waals surface area contributed by atoms with Crippen LogP contribution in [0.1, 0.15) is 39.5 Å².